The average Bonchev–Trinajstić information content (AvgIpc) is 3.34. The third kappa shape index (κ3) is 2.34. The first-order valence-electron chi connectivity index (χ1n) is 8.32. The van der Waals surface area contributed by atoms with Gasteiger partial charge in [0.25, 0.3) is 0 Å². The first kappa shape index (κ1) is 14.1. The predicted octanol–water partition coefficient (Wildman–Crippen LogP) is 3.67. The molecule has 1 aliphatic rings. The number of hydrogen-bond acceptors (Lipinski definition) is 5. The van der Waals surface area contributed by atoms with Gasteiger partial charge in [-0.1, -0.05) is 24.3 Å². The van der Waals surface area contributed by atoms with E-state index in [2.05, 4.69) is 39.7 Å². The number of benzene rings is 1. The first-order chi connectivity index (χ1) is 12.3. The third-order valence-electron chi connectivity index (χ3n) is 4.68. The van der Waals surface area contributed by atoms with Gasteiger partial charge in [-0.2, -0.15) is 4.52 Å². The van der Waals surface area contributed by atoms with Crippen molar-refractivity contribution < 1.29 is 4.42 Å². The second-order valence-electron chi connectivity index (χ2n) is 6.29. The molecule has 124 valence electrons. The fourth-order valence-electron chi connectivity index (χ4n) is 3.51. The minimum absolute atomic E-state index is 0.297. The second-order valence-corrected chi connectivity index (χ2v) is 6.29. The van der Waals surface area contributed by atoms with Crippen LogP contribution < -0.4 is 11.1 Å². The summed E-state index contributed by atoms with van der Waals surface area (Å²) in [4.78, 5) is 4.53. The Morgan fingerprint density at radius 2 is 2.08 bits per heavy atom. The Morgan fingerprint density at radius 3 is 2.96 bits per heavy atom. The molecule has 0 bridgehead atoms. The van der Waals surface area contributed by atoms with Crippen molar-refractivity contribution in [3.05, 3.63) is 65.9 Å². The minimum atomic E-state index is 0.297. The van der Waals surface area contributed by atoms with Crippen LogP contribution in [0.1, 0.15) is 23.6 Å². The molecule has 1 aromatic carbocycles. The van der Waals surface area contributed by atoms with Crippen LogP contribution in [0.15, 0.2) is 59.2 Å². The molecule has 0 aliphatic heterocycles. The molecule has 1 unspecified atom stereocenters. The number of nitrogens with one attached hydrogen (secondary N) is 1. The van der Waals surface area contributed by atoms with Crippen molar-refractivity contribution in [1.29, 1.82) is 0 Å². The minimum Gasteiger partial charge on any atom is -0.461 e. The van der Waals surface area contributed by atoms with Gasteiger partial charge in [0.1, 0.15) is 5.82 Å². The lowest BCUT2D eigenvalue weighted by molar-refractivity contribution is 0.577. The zero-order chi connectivity index (χ0) is 16.8. The standard InChI is InChI=1S/C19H17N5O/c20-17-10-13(21-15-8-7-12-4-1-2-5-14(12)15)11-18-22-19(23-24(17)18)16-6-3-9-25-16/h1-6,9-11,15,21H,7-8,20H2. The Kier molecular flexibility index (Phi) is 3.03. The molecule has 3 aromatic heterocycles. The number of aryl methyl sites for hydroxylation is 1. The lowest BCUT2D eigenvalue weighted by Gasteiger charge is -2.16. The molecule has 0 saturated heterocycles. The highest BCUT2D eigenvalue weighted by Crippen LogP contribution is 2.34. The normalized spacial score (nSPS) is 16.2. The number of fused-ring (bicyclic) bond motifs is 2. The van der Waals surface area contributed by atoms with E-state index < -0.39 is 0 Å². The third-order valence-corrected chi connectivity index (χ3v) is 4.68. The van der Waals surface area contributed by atoms with Gasteiger partial charge in [0, 0.05) is 17.8 Å². The number of furan rings is 1. The van der Waals surface area contributed by atoms with Gasteiger partial charge < -0.3 is 15.5 Å². The summed E-state index contributed by atoms with van der Waals surface area (Å²) in [5.41, 5.74) is 10.6. The number of aromatic nitrogens is 3. The van der Waals surface area contributed by atoms with E-state index in [-0.39, 0.29) is 0 Å². The number of nitrogen functional groups attached to an aromatic ring is 1. The molecule has 5 rings (SSSR count). The van der Waals surface area contributed by atoms with Crippen LogP contribution in [-0.4, -0.2) is 14.6 Å². The molecule has 3 heterocycles. The SMILES string of the molecule is Nc1cc(NC2CCc3ccccc32)cc2nc(-c3ccco3)nn12. The first-order valence-corrected chi connectivity index (χ1v) is 8.32. The van der Waals surface area contributed by atoms with E-state index in [9.17, 15) is 0 Å². The van der Waals surface area contributed by atoms with Crippen molar-refractivity contribution in [1.82, 2.24) is 14.6 Å². The summed E-state index contributed by atoms with van der Waals surface area (Å²) >= 11 is 0. The Balaban J connectivity index is 1.50. The highest BCUT2D eigenvalue weighted by molar-refractivity contribution is 5.64. The maximum atomic E-state index is 6.18. The van der Waals surface area contributed by atoms with E-state index in [1.54, 1.807) is 10.8 Å². The largest absolute Gasteiger partial charge is 0.461 e. The molecular weight excluding hydrogens is 314 g/mol. The van der Waals surface area contributed by atoms with Crippen LogP contribution in [0.5, 0.6) is 0 Å². The summed E-state index contributed by atoms with van der Waals surface area (Å²) in [7, 11) is 0. The topological polar surface area (TPSA) is 81.4 Å². The molecule has 6 heteroatoms. The molecule has 0 fully saturated rings. The average molecular weight is 331 g/mol. The molecule has 4 aromatic rings. The summed E-state index contributed by atoms with van der Waals surface area (Å²) in [6, 6.07) is 16.4. The van der Waals surface area contributed by atoms with Crippen molar-refractivity contribution in [2.75, 3.05) is 11.1 Å². The van der Waals surface area contributed by atoms with Crippen LogP contribution in [0.4, 0.5) is 11.5 Å². The van der Waals surface area contributed by atoms with E-state index in [1.165, 1.54) is 11.1 Å². The van der Waals surface area contributed by atoms with E-state index in [0.29, 0.717) is 29.1 Å². The Labute approximate surface area is 144 Å². The fraction of sp³-hybridized carbons (Fsp3) is 0.158. The molecular formula is C19H17N5O. The lowest BCUT2D eigenvalue weighted by atomic mass is 10.1. The van der Waals surface area contributed by atoms with E-state index in [1.807, 2.05) is 24.3 Å². The maximum Gasteiger partial charge on any atom is 0.217 e. The molecule has 1 atom stereocenters. The second kappa shape index (κ2) is 5.37. The Bertz CT molecular complexity index is 1050. The number of nitrogens with two attached hydrogens (primary N) is 1. The van der Waals surface area contributed by atoms with Gasteiger partial charge >= 0.3 is 0 Å². The molecule has 0 amide bonds. The van der Waals surface area contributed by atoms with E-state index >= 15 is 0 Å². The molecule has 3 N–H and O–H groups in total. The highest BCUT2D eigenvalue weighted by Gasteiger charge is 2.22. The number of rotatable bonds is 3. The Morgan fingerprint density at radius 1 is 1.16 bits per heavy atom. The van der Waals surface area contributed by atoms with Crippen molar-refractivity contribution >= 4 is 17.2 Å². The van der Waals surface area contributed by atoms with Gasteiger partial charge in [-0.3, -0.25) is 0 Å². The molecule has 0 saturated carbocycles. The number of hydrogen-bond donors (Lipinski definition) is 2. The number of pyridine rings is 1. The quantitative estimate of drug-likeness (QED) is 0.598. The van der Waals surface area contributed by atoms with Crippen molar-refractivity contribution in [2.24, 2.45) is 0 Å². The maximum absolute atomic E-state index is 6.18. The zero-order valence-electron chi connectivity index (χ0n) is 13.5. The Hall–Kier alpha value is -3.28. The summed E-state index contributed by atoms with van der Waals surface area (Å²) in [6.45, 7) is 0. The summed E-state index contributed by atoms with van der Waals surface area (Å²) in [6.07, 6.45) is 3.78. The zero-order valence-corrected chi connectivity index (χ0v) is 13.5. The van der Waals surface area contributed by atoms with Crippen LogP contribution in [-0.2, 0) is 6.42 Å². The molecule has 25 heavy (non-hydrogen) atoms. The van der Waals surface area contributed by atoms with Gasteiger partial charge in [0.2, 0.25) is 5.82 Å². The summed E-state index contributed by atoms with van der Waals surface area (Å²) in [5.74, 6) is 1.69. The predicted molar refractivity (Wildman–Crippen MR) is 96.2 cm³/mol. The number of nitrogens with zero attached hydrogens (tertiary/aromatic N) is 3. The van der Waals surface area contributed by atoms with Crippen LogP contribution >= 0.6 is 0 Å². The summed E-state index contributed by atoms with van der Waals surface area (Å²) < 4.78 is 7.00. The van der Waals surface area contributed by atoms with Gasteiger partial charge in [-0.05, 0) is 36.1 Å². The van der Waals surface area contributed by atoms with Crippen molar-refractivity contribution in [2.45, 2.75) is 18.9 Å². The van der Waals surface area contributed by atoms with Crippen molar-refractivity contribution in [3.8, 4) is 11.6 Å². The van der Waals surface area contributed by atoms with E-state index in [0.717, 1.165) is 18.5 Å². The van der Waals surface area contributed by atoms with E-state index in [4.69, 9.17) is 10.2 Å². The summed E-state index contributed by atoms with van der Waals surface area (Å²) in [5, 5.41) is 8.01. The van der Waals surface area contributed by atoms with Crippen LogP contribution in [0.3, 0.4) is 0 Å². The monoisotopic (exact) mass is 331 g/mol. The van der Waals surface area contributed by atoms with Gasteiger partial charge in [0.05, 0.1) is 12.3 Å². The van der Waals surface area contributed by atoms with Crippen LogP contribution in [0, 0.1) is 0 Å². The van der Waals surface area contributed by atoms with Crippen LogP contribution in [0.25, 0.3) is 17.2 Å². The highest BCUT2D eigenvalue weighted by atomic mass is 16.3. The van der Waals surface area contributed by atoms with Gasteiger partial charge in [-0.15, -0.1) is 5.10 Å². The van der Waals surface area contributed by atoms with Gasteiger partial charge in [0.15, 0.2) is 11.4 Å². The van der Waals surface area contributed by atoms with Crippen LogP contribution in [0.2, 0.25) is 0 Å². The lowest BCUT2D eigenvalue weighted by Crippen LogP contribution is -2.08. The molecule has 6 nitrogen and oxygen atoms in total. The fourth-order valence-corrected chi connectivity index (χ4v) is 3.51. The van der Waals surface area contributed by atoms with Gasteiger partial charge in [-0.25, -0.2) is 4.98 Å². The van der Waals surface area contributed by atoms with Crippen molar-refractivity contribution in [3.63, 3.8) is 0 Å². The smallest absolute Gasteiger partial charge is 0.217 e. The molecule has 1 aliphatic carbocycles. The molecule has 0 spiro atoms. The molecule has 0 radical (unpaired) electrons. The number of anilines is 2.